The van der Waals surface area contributed by atoms with Gasteiger partial charge in [0.05, 0.1) is 0 Å². The second-order valence-electron chi connectivity index (χ2n) is 4.13. The molecule has 0 radical (unpaired) electrons. The van der Waals surface area contributed by atoms with Crippen LogP contribution in [0, 0.1) is 0 Å². The Bertz CT molecular complexity index is 297. The zero-order valence-electron chi connectivity index (χ0n) is 9.45. The summed E-state index contributed by atoms with van der Waals surface area (Å²) in [5.41, 5.74) is 1.25. The molecule has 1 aromatic carbocycles. The van der Waals surface area contributed by atoms with Crippen molar-refractivity contribution in [1.29, 1.82) is 0 Å². The Balaban J connectivity index is 2.70. The van der Waals surface area contributed by atoms with E-state index in [1.54, 1.807) is 0 Å². The quantitative estimate of drug-likeness (QED) is 0.576. The van der Waals surface area contributed by atoms with Gasteiger partial charge in [-0.1, -0.05) is 49.8 Å². The predicted molar refractivity (Wildman–Crippen MR) is 68.2 cm³/mol. The maximum Gasteiger partial charge on any atom is 0.196 e. The van der Waals surface area contributed by atoms with Crippen molar-refractivity contribution < 1.29 is 4.80 Å². The molecular weight excluding hydrogens is 200 g/mol. The fourth-order valence-corrected chi connectivity index (χ4v) is 4.96. The van der Waals surface area contributed by atoms with Crippen molar-refractivity contribution in [2.24, 2.45) is 0 Å². The molecule has 1 rings (SSSR count). The van der Waals surface area contributed by atoms with Crippen molar-refractivity contribution in [2.45, 2.75) is 31.5 Å². The molecule has 0 heterocycles. The second kappa shape index (κ2) is 5.88. The van der Waals surface area contributed by atoms with Crippen LogP contribution in [0.15, 0.2) is 43.0 Å². The normalized spacial score (nSPS) is 14.5. The van der Waals surface area contributed by atoms with E-state index in [0.29, 0.717) is 0 Å². The van der Waals surface area contributed by atoms with E-state index in [-0.39, 0.29) is 0 Å². The lowest BCUT2D eigenvalue weighted by Gasteiger charge is -2.23. The molecule has 0 amide bonds. The molecule has 0 spiro atoms. The summed E-state index contributed by atoms with van der Waals surface area (Å²) in [6, 6.07) is 12.9. The molecule has 1 nitrogen and oxygen atoms in total. The van der Waals surface area contributed by atoms with Crippen molar-refractivity contribution in [3.05, 3.63) is 48.6 Å². The largest absolute Gasteiger partial charge is 0.431 e. The van der Waals surface area contributed by atoms with Gasteiger partial charge in [-0.25, -0.2) is 0 Å². The fourth-order valence-electron chi connectivity index (χ4n) is 1.97. The van der Waals surface area contributed by atoms with Crippen LogP contribution in [0.25, 0.3) is 0 Å². The van der Waals surface area contributed by atoms with Gasteiger partial charge in [-0.2, -0.15) is 0 Å². The Morgan fingerprint density at radius 2 is 2.00 bits per heavy atom. The smallest absolute Gasteiger partial charge is 0.196 e. The standard InChI is InChI=1S/C13H20OSi/c1-3-10-15(14,11-4-2)12-13-8-6-5-7-9-13/h3,5-9,14H,1,4,10-12H2,2H3. The predicted octanol–water partition coefficient (Wildman–Crippen LogP) is 3.30. The summed E-state index contributed by atoms with van der Waals surface area (Å²) in [6.07, 6.45) is 2.92. The average molecular weight is 220 g/mol. The lowest BCUT2D eigenvalue weighted by atomic mass is 10.2. The zero-order chi connectivity index (χ0) is 11.1. The first kappa shape index (κ1) is 12.2. The molecule has 0 aliphatic rings. The summed E-state index contributed by atoms with van der Waals surface area (Å²) in [6.45, 7) is 5.88. The number of benzene rings is 1. The van der Waals surface area contributed by atoms with Crippen LogP contribution in [0.5, 0.6) is 0 Å². The molecule has 1 aromatic rings. The SMILES string of the molecule is C=CC[Si](O)(CCC)Cc1ccccc1. The molecule has 0 fully saturated rings. The molecular formula is C13H20OSi. The maximum absolute atomic E-state index is 10.5. The minimum absolute atomic E-state index is 0.801. The van der Waals surface area contributed by atoms with Gasteiger partial charge in [0.15, 0.2) is 8.32 Å². The molecule has 0 aliphatic carbocycles. The van der Waals surface area contributed by atoms with Crippen LogP contribution in [0.2, 0.25) is 12.1 Å². The Kier molecular flexibility index (Phi) is 4.79. The van der Waals surface area contributed by atoms with Gasteiger partial charge < -0.3 is 4.80 Å². The number of hydrogen-bond donors (Lipinski definition) is 1. The maximum atomic E-state index is 10.5. The van der Waals surface area contributed by atoms with Crippen molar-refractivity contribution in [1.82, 2.24) is 0 Å². The van der Waals surface area contributed by atoms with Crippen molar-refractivity contribution in [2.75, 3.05) is 0 Å². The van der Waals surface area contributed by atoms with Gasteiger partial charge in [0.2, 0.25) is 0 Å². The monoisotopic (exact) mass is 220 g/mol. The highest BCUT2D eigenvalue weighted by Gasteiger charge is 2.28. The highest BCUT2D eigenvalue weighted by Crippen LogP contribution is 2.20. The van der Waals surface area contributed by atoms with Crippen LogP contribution in [0.3, 0.4) is 0 Å². The lowest BCUT2D eigenvalue weighted by Crippen LogP contribution is -2.36. The van der Waals surface area contributed by atoms with Crippen LogP contribution in [0.1, 0.15) is 18.9 Å². The third-order valence-corrected chi connectivity index (χ3v) is 6.16. The first-order valence-corrected chi connectivity index (χ1v) is 8.14. The highest BCUT2D eigenvalue weighted by atomic mass is 28.4. The molecule has 0 saturated heterocycles. The Labute approximate surface area is 93.6 Å². The topological polar surface area (TPSA) is 20.2 Å². The molecule has 0 aliphatic heterocycles. The molecule has 2 heteroatoms. The van der Waals surface area contributed by atoms with Crippen molar-refractivity contribution in [3.8, 4) is 0 Å². The third kappa shape index (κ3) is 4.02. The highest BCUT2D eigenvalue weighted by molar-refractivity contribution is 6.72. The van der Waals surface area contributed by atoms with Gasteiger partial charge in [0.25, 0.3) is 0 Å². The van der Waals surface area contributed by atoms with Crippen molar-refractivity contribution in [3.63, 3.8) is 0 Å². The van der Waals surface area contributed by atoms with E-state index in [2.05, 4.69) is 25.6 Å². The Morgan fingerprint density at radius 3 is 2.53 bits per heavy atom. The minimum atomic E-state index is -2.11. The van der Waals surface area contributed by atoms with E-state index in [1.165, 1.54) is 5.56 Å². The first-order chi connectivity index (χ1) is 7.20. The lowest BCUT2D eigenvalue weighted by molar-refractivity contribution is 0.527. The summed E-state index contributed by atoms with van der Waals surface area (Å²) in [5.74, 6) is 0. The first-order valence-electron chi connectivity index (χ1n) is 5.57. The number of hydrogen-bond acceptors (Lipinski definition) is 1. The van der Waals surface area contributed by atoms with E-state index in [0.717, 1.165) is 24.6 Å². The van der Waals surface area contributed by atoms with E-state index in [9.17, 15) is 4.80 Å². The third-order valence-electron chi connectivity index (χ3n) is 2.62. The summed E-state index contributed by atoms with van der Waals surface area (Å²) >= 11 is 0. The van der Waals surface area contributed by atoms with Crippen LogP contribution >= 0.6 is 0 Å². The van der Waals surface area contributed by atoms with Crippen LogP contribution in [0.4, 0.5) is 0 Å². The van der Waals surface area contributed by atoms with Crippen LogP contribution in [-0.4, -0.2) is 13.1 Å². The second-order valence-corrected chi connectivity index (χ2v) is 7.84. The average Bonchev–Trinajstić information content (AvgIpc) is 2.19. The van der Waals surface area contributed by atoms with E-state index in [4.69, 9.17) is 0 Å². The molecule has 1 unspecified atom stereocenters. The van der Waals surface area contributed by atoms with E-state index < -0.39 is 8.32 Å². The molecule has 1 atom stereocenters. The fraction of sp³-hybridized carbons (Fsp3) is 0.385. The van der Waals surface area contributed by atoms with Gasteiger partial charge in [-0.15, -0.1) is 6.58 Å². The minimum Gasteiger partial charge on any atom is -0.431 e. The summed E-state index contributed by atoms with van der Waals surface area (Å²) in [4.78, 5) is 10.5. The molecule has 82 valence electrons. The van der Waals surface area contributed by atoms with Gasteiger partial charge in [0.1, 0.15) is 0 Å². The Morgan fingerprint density at radius 1 is 1.33 bits per heavy atom. The van der Waals surface area contributed by atoms with Crippen LogP contribution < -0.4 is 0 Å². The Hall–Kier alpha value is -0.863. The molecule has 0 aromatic heterocycles. The van der Waals surface area contributed by atoms with Crippen LogP contribution in [-0.2, 0) is 6.04 Å². The molecule has 0 bridgehead atoms. The molecule has 1 N–H and O–H groups in total. The van der Waals surface area contributed by atoms with E-state index in [1.807, 2.05) is 24.3 Å². The summed E-state index contributed by atoms with van der Waals surface area (Å²) in [5, 5.41) is 0. The van der Waals surface area contributed by atoms with Gasteiger partial charge in [-0.05, 0) is 23.7 Å². The number of allylic oxidation sites excluding steroid dienone is 1. The molecule has 15 heavy (non-hydrogen) atoms. The number of rotatable bonds is 6. The van der Waals surface area contributed by atoms with Crippen molar-refractivity contribution >= 4 is 8.32 Å². The summed E-state index contributed by atoms with van der Waals surface area (Å²) in [7, 11) is -2.11. The van der Waals surface area contributed by atoms with Gasteiger partial charge >= 0.3 is 0 Å². The van der Waals surface area contributed by atoms with E-state index >= 15 is 0 Å². The molecule has 0 saturated carbocycles. The van der Waals surface area contributed by atoms with Gasteiger partial charge in [-0.3, -0.25) is 0 Å². The zero-order valence-corrected chi connectivity index (χ0v) is 10.4. The summed E-state index contributed by atoms with van der Waals surface area (Å²) < 4.78 is 0. The van der Waals surface area contributed by atoms with Gasteiger partial charge in [0, 0.05) is 0 Å².